The minimum absolute atomic E-state index is 0. The lowest BCUT2D eigenvalue weighted by Crippen LogP contribution is -2.44. The van der Waals surface area contributed by atoms with Crippen molar-refractivity contribution in [2.45, 2.75) is 32.2 Å². The Balaban J connectivity index is 0.00000363. The van der Waals surface area contributed by atoms with Gasteiger partial charge in [-0.1, -0.05) is 36.4 Å². The Labute approximate surface area is 206 Å². The van der Waals surface area contributed by atoms with Gasteiger partial charge >= 0.3 is 6.61 Å². The summed E-state index contributed by atoms with van der Waals surface area (Å²) in [4.78, 5) is 8.57. The first-order chi connectivity index (χ1) is 15.0. The summed E-state index contributed by atoms with van der Waals surface area (Å²) in [7, 11) is 5.86. The number of hydrogen-bond acceptors (Lipinski definition) is 4. The van der Waals surface area contributed by atoms with E-state index in [0.717, 1.165) is 25.5 Å². The highest BCUT2D eigenvalue weighted by Crippen LogP contribution is 2.31. The number of aliphatic imine (C=N–C) groups is 1. The van der Waals surface area contributed by atoms with Crippen molar-refractivity contribution in [1.82, 2.24) is 15.5 Å². The second-order valence-corrected chi connectivity index (χ2v) is 7.85. The molecule has 3 rings (SSSR count). The van der Waals surface area contributed by atoms with E-state index in [2.05, 4.69) is 62.5 Å². The number of hydrogen-bond donors (Lipinski definition) is 2. The number of benzene rings is 2. The Bertz CT molecular complexity index is 881. The molecule has 0 saturated carbocycles. The third-order valence-electron chi connectivity index (χ3n) is 5.23. The van der Waals surface area contributed by atoms with Gasteiger partial charge in [0.1, 0.15) is 5.75 Å². The van der Waals surface area contributed by atoms with E-state index in [-0.39, 0.29) is 35.8 Å². The fraction of sp³-hybridized carbons (Fsp3) is 0.435. The van der Waals surface area contributed by atoms with Gasteiger partial charge in [-0.3, -0.25) is 4.99 Å². The van der Waals surface area contributed by atoms with Crippen molar-refractivity contribution in [3.05, 3.63) is 59.7 Å². The Hall–Kier alpha value is -2.14. The van der Waals surface area contributed by atoms with Crippen LogP contribution in [0, 0.1) is 0 Å². The lowest BCUT2D eigenvalue weighted by atomic mass is 10.1. The minimum atomic E-state index is -2.84. The zero-order valence-corrected chi connectivity index (χ0v) is 21.1. The van der Waals surface area contributed by atoms with Crippen LogP contribution in [0.5, 0.6) is 5.75 Å². The van der Waals surface area contributed by atoms with E-state index in [0.29, 0.717) is 18.8 Å². The molecule has 1 heterocycles. The Morgan fingerprint density at radius 1 is 1.16 bits per heavy atom. The van der Waals surface area contributed by atoms with Crippen LogP contribution in [0.15, 0.2) is 53.5 Å². The molecule has 0 amide bonds. The third-order valence-corrected chi connectivity index (χ3v) is 5.23. The van der Waals surface area contributed by atoms with Crippen molar-refractivity contribution in [2.24, 2.45) is 4.99 Å². The predicted octanol–water partition coefficient (Wildman–Crippen LogP) is 3.91. The fourth-order valence-corrected chi connectivity index (χ4v) is 3.80. The summed E-state index contributed by atoms with van der Waals surface area (Å²) < 4.78 is 30.1. The molecule has 1 fully saturated rings. The molecule has 1 aliphatic rings. The van der Waals surface area contributed by atoms with E-state index >= 15 is 0 Å². The Morgan fingerprint density at radius 3 is 2.53 bits per heavy atom. The van der Waals surface area contributed by atoms with Gasteiger partial charge in [0.15, 0.2) is 5.96 Å². The predicted molar refractivity (Wildman–Crippen MR) is 136 cm³/mol. The van der Waals surface area contributed by atoms with Crippen molar-refractivity contribution in [3.63, 3.8) is 0 Å². The minimum Gasteiger partial charge on any atom is -0.433 e. The van der Waals surface area contributed by atoms with Crippen LogP contribution in [-0.2, 0) is 13.1 Å². The molecule has 0 spiro atoms. The lowest BCUT2D eigenvalue weighted by Gasteiger charge is -2.23. The maximum absolute atomic E-state index is 12.7. The van der Waals surface area contributed by atoms with E-state index in [1.807, 2.05) is 18.2 Å². The standard InChI is InChI=1S/C23H31F2N5O.HI/c1-26-23(27-14-17-8-4-5-9-18(17)15-29(2)3)28-19-12-13-30(16-19)20-10-6-7-11-21(20)31-22(24)25;/h4-11,19,22H,12-16H2,1-3H3,(H2,26,27,28);1H. The van der Waals surface area contributed by atoms with E-state index in [4.69, 9.17) is 0 Å². The number of alkyl halides is 2. The lowest BCUT2D eigenvalue weighted by molar-refractivity contribution is -0.0495. The maximum Gasteiger partial charge on any atom is 0.387 e. The maximum atomic E-state index is 12.7. The highest BCUT2D eigenvalue weighted by Gasteiger charge is 2.26. The van der Waals surface area contributed by atoms with Crippen molar-refractivity contribution >= 4 is 35.6 Å². The molecular weight excluding hydrogens is 527 g/mol. The highest BCUT2D eigenvalue weighted by atomic mass is 127. The Morgan fingerprint density at radius 2 is 1.84 bits per heavy atom. The van der Waals surface area contributed by atoms with Gasteiger partial charge in [0.05, 0.1) is 5.69 Å². The van der Waals surface area contributed by atoms with Crippen molar-refractivity contribution in [1.29, 1.82) is 0 Å². The molecule has 0 aliphatic carbocycles. The molecule has 2 aromatic carbocycles. The highest BCUT2D eigenvalue weighted by molar-refractivity contribution is 14.0. The molecule has 176 valence electrons. The summed E-state index contributed by atoms with van der Waals surface area (Å²) in [5.41, 5.74) is 3.19. The van der Waals surface area contributed by atoms with Gasteiger partial charge in [0.2, 0.25) is 0 Å². The van der Waals surface area contributed by atoms with Crippen LogP contribution < -0.4 is 20.3 Å². The van der Waals surface area contributed by atoms with Gasteiger partial charge in [0, 0.05) is 39.3 Å². The second kappa shape index (κ2) is 12.8. The number of rotatable bonds is 8. The van der Waals surface area contributed by atoms with Crippen LogP contribution in [0.2, 0.25) is 0 Å². The average molecular weight is 559 g/mol. The van der Waals surface area contributed by atoms with Crippen molar-refractivity contribution in [3.8, 4) is 5.75 Å². The largest absolute Gasteiger partial charge is 0.433 e. The molecular formula is C23H32F2IN5O. The third kappa shape index (κ3) is 7.47. The van der Waals surface area contributed by atoms with Gasteiger partial charge in [-0.2, -0.15) is 8.78 Å². The molecule has 0 aromatic heterocycles. The molecule has 2 N–H and O–H groups in total. The number of nitrogens with one attached hydrogen (secondary N) is 2. The zero-order valence-electron chi connectivity index (χ0n) is 18.7. The molecule has 0 radical (unpaired) electrons. The van der Waals surface area contributed by atoms with Gasteiger partial charge in [-0.15, -0.1) is 24.0 Å². The molecule has 0 bridgehead atoms. The van der Waals surface area contributed by atoms with E-state index in [9.17, 15) is 8.78 Å². The zero-order chi connectivity index (χ0) is 22.2. The van der Waals surface area contributed by atoms with Gasteiger partial charge < -0.3 is 25.2 Å². The fourth-order valence-electron chi connectivity index (χ4n) is 3.80. The first-order valence-corrected chi connectivity index (χ1v) is 10.4. The number of anilines is 1. The first-order valence-electron chi connectivity index (χ1n) is 10.4. The molecule has 6 nitrogen and oxygen atoms in total. The first kappa shape index (κ1) is 26.1. The van der Waals surface area contributed by atoms with Crippen LogP contribution in [-0.4, -0.2) is 57.7 Å². The molecule has 32 heavy (non-hydrogen) atoms. The SMILES string of the molecule is CN=C(NCc1ccccc1CN(C)C)NC1CCN(c2ccccc2OC(F)F)C1.I. The van der Waals surface area contributed by atoms with E-state index in [1.54, 1.807) is 19.2 Å². The van der Waals surface area contributed by atoms with Crippen LogP contribution >= 0.6 is 24.0 Å². The molecule has 9 heteroatoms. The quantitative estimate of drug-likeness (QED) is 0.292. The van der Waals surface area contributed by atoms with Crippen molar-refractivity contribution < 1.29 is 13.5 Å². The number of ether oxygens (including phenoxy) is 1. The molecule has 1 saturated heterocycles. The topological polar surface area (TPSA) is 52.1 Å². The van der Waals surface area contributed by atoms with Crippen LogP contribution in [0.3, 0.4) is 0 Å². The number of guanidine groups is 1. The number of halogens is 3. The average Bonchev–Trinajstić information content (AvgIpc) is 3.20. The van der Waals surface area contributed by atoms with E-state index in [1.165, 1.54) is 11.1 Å². The smallest absolute Gasteiger partial charge is 0.387 e. The molecule has 1 atom stereocenters. The van der Waals surface area contributed by atoms with E-state index < -0.39 is 6.61 Å². The Kier molecular flexibility index (Phi) is 10.4. The molecule has 1 unspecified atom stereocenters. The van der Waals surface area contributed by atoms with Crippen LogP contribution in [0.25, 0.3) is 0 Å². The van der Waals surface area contributed by atoms with Gasteiger partial charge in [-0.25, -0.2) is 0 Å². The van der Waals surface area contributed by atoms with Crippen LogP contribution in [0.4, 0.5) is 14.5 Å². The van der Waals surface area contributed by atoms with Gasteiger partial charge in [-0.05, 0) is 43.8 Å². The van der Waals surface area contributed by atoms with Gasteiger partial charge in [0.25, 0.3) is 0 Å². The normalized spacial score (nSPS) is 16.3. The summed E-state index contributed by atoms with van der Waals surface area (Å²) in [5, 5.41) is 6.85. The van der Waals surface area contributed by atoms with Crippen molar-refractivity contribution in [2.75, 3.05) is 39.1 Å². The molecule has 2 aromatic rings. The number of nitrogens with zero attached hydrogens (tertiary/aromatic N) is 3. The second-order valence-electron chi connectivity index (χ2n) is 7.85. The summed E-state index contributed by atoms with van der Waals surface area (Å²) in [6, 6.07) is 15.4. The summed E-state index contributed by atoms with van der Waals surface area (Å²) in [6.45, 7) is 0.147. The molecule has 1 aliphatic heterocycles. The van der Waals surface area contributed by atoms with Crippen LogP contribution in [0.1, 0.15) is 17.5 Å². The summed E-state index contributed by atoms with van der Waals surface area (Å²) >= 11 is 0. The number of para-hydroxylation sites is 2. The monoisotopic (exact) mass is 559 g/mol. The summed E-state index contributed by atoms with van der Waals surface area (Å²) in [5.74, 6) is 0.932. The summed E-state index contributed by atoms with van der Waals surface area (Å²) in [6.07, 6.45) is 0.876.